The molecule has 4 aromatic rings. The molecule has 0 fully saturated rings. The zero-order chi connectivity index (χ0) is 21.1. The van der Waals surface area contributed by atoms with E-state index in [-0.39, 0.29) is 5.56 Å². The van der Waals surface area contributed by atoms with Crippen LogP contribution < -0.4 is 10.1 Å². The van der Waals surface area contributed by atoms with Crippen molar-refractivity contribution in [1.82, 2.24) is 14.5 Å². The second-order valence-corrected chi connectivity index (χ2v) is 7.03. The smallest absolute Gasteiger partial charge is 0.296 e. The van der Waals surface area contributed by atoms with E-state index < -0.39 is 11.7 Å². The van der Waals surface area contributed by atoms with E-state index in [4.69, 9.17) is 16.3 Å². The lowest BCUT2D eigenvalue weighted by Gasteiger charge is -2.06. The number of ether oxygens (including phenoxy) is 1. The molecule has 0 aliphatic rings. The van der Waals surface area contributed by atoms with Crippen molar-refractivity contribution in [3.63, 3.8) is 0 Å². The third-order valence-electron chi connectivity index (χ3n) is 4.62. The van der Waals surface area contributed by atoms with E-state index in [2.05, 4.69) is 15.3 Å². The van der Waals surface area contributed by atoms with E-state index in [1.54, 1.807) is 19.4 Å². The molecular formula is C22H17ClN4O3. The minimum Gasteiger partial charge on any atom is -0.497 e. The molecule has 150 valence electrons. The van der Waals surface area contributed by atoms with Gasteiger partial charge in [0.05, 0.1) is 30.8 Å². The van der Waals surface area contributed by atoms with Gasteiger partial charge in [-0.25, -0.2) is 9.97 Å². The van der Waals surface area contributed by atoms with Crippen molar-refractivity contribution >= 4 is 39.9 Å². The van der Waals surface area contributed by atoms with Crippen LogP contribution in [0.15, 0.2) is 67.4 Å². The van der Waals surface area contributed by atoms with Crippen LogP contribution in [0.5, 0.6) is 5.75 Å². The maximum atomic E-state index is 12.9. The Morgan fingerprint density at radius 3 is 2.53 bits per heavy atom. The summed E-state index contributed by atoms with van der Waals surface area (Å²) in [7, 11) is 1.55. The van der Waals surface area contributed by atoms with Crippen molar-refractivity contribution in [3.05, 3.63) is 83.5 Å². The number of hydrogen-bond acceptors (Lipinski definition) is 5. The molecule has 0 unspecified atom stereocenters. The van der Waals surface area contributed by atoms with Crippen molar-refractivity contribution < 1.29 is 14.3 Å². The number of nitrogens with zero attached hydrogens (tertiary/aromatic N) is 3. The molecule has 2 aromatic carbocycles. The number of Topliss-reactive ketones (excluding diaryl/α,β-unsaturated/α-hetero) is 1. The number of benzene rings is 2. The van der Waals surface area contributed by atoms with Crippen molar-refractivity contribution in [2.24, 2.45) is 0 Å². The van der Waals surface area contributed by atoms with Crippen molar-refractivity contribution in [2.45, 2.75) is 6.54 Å². The molecule has 2 heterocycles. The van der Waals surface area contributed by atoms with E-state index >= 15 is 0 Å². The highest BCUT2D eigenvalue weighted by Crippen LogP contribution is 2.28. The van der Waals surface area contributed by atoms with Gasteiger partial charge in [0.1, 0.15) is 12.1 Å². The van der Waals surface area contributed by atoms with Crippen LogP contribution in [0.4, 0.5) is 5.69 Å². The second kappa shape index (κ2) is 8.34. The molecule has 1 amide bonds. The van der Waals surface area contributed by atoms with Crippen LogP contribution in [-0.2, 0) is 11.3 Å². The molecule has 1 N–H and O–H groups in total. The molecule has 7 nitrogen and oxygen atoms in total. The lowest BCUT2D eigenvalue weighted by molar-refractivity contribution is -0.112. The molecule has 2 aromatic heterocycles. The fraction of sp³-hybridized carbons (Fsp3) is 0.0909. The monoisotopic (exact) mass is 420 g/mol. The van der Waals surface area contributed by atoms with Gasteiger partial charge in [-0.15, -0.1) is 0 Å². The third-order valence-corrected chi connectivity index (χ3v) is 4.88. The number of nitrogens with one attached hydrogen (secondary N) is 1. The predicted octanol–water partition coefficient (Wildman–Crippen LogP) is 3.96. The van der Waals surface area contributed by atoms with Gasteiger partial charge in [-0.2, -0.15) is 0 Å². The summed E-state index contributed by atoms with van der Waals surface area (Å²) >= 11 is 5.97. The Bertz CT molecular complexity index is 1220. The van der Waals surface area contributed by atoms with Crippen LogP contribution in [0.3, 0.4) is 0 Å². The Morgan fingerprint density at radius 1 is 1.10 bits per heavy atom. The highest BCUT2D eigenvalue weighted by molar-refractivity contribution is 6.48. The van der Waals surface area contributed by atoms with Gasteiger partial charge in [0, 0.05) is 28.7 Å². The van der Waals surface area contributed by atoms with E-state index in [0.717, 1.165) is 11.1 Å². The maximum Gasteiger partial charge on any atom is 0.296 e. The SMILES string of the molecule is COc1ccc2c(c1)c(C(=O)C(=O)Nc1cncnc1)cn2Cc1ccc(Cl)cc1. The van der Waals surface area contributed by atoms with Gasteiger partial charge in [-0.1, -0.05) is 23.7 Å². The van der Waals surface area contributed by atoms with Gasteiger partial charge in [-0.05, 0) is 35.9 Å². The molecule has 0 bridgehead atoms. The fourth-order valence-electron chi connectivity index (χ4n) is 3.18. The molecule has 0 radical (unpaired) electrons. The summed E-state index contributed by atoms with van der Waals surface area (Å²) in [6.45, 7) is 0.515. The molecule has 0 atom stereocenters. The standard InChI is InChI=1S/C22H17ClN4O3/c1-30-17-6-7-20-18(8-17)19(12-27(20)11-14-2-4-15(23)5-3-14)21(28)22(29)26-16-9-24-13-25-10-16/h2-10,12-13H,11H2,1H3,(H,26,29). The third kappa shape index (κ3) is 4.01. The summed E-state index contributed by atoms with van der Waals surface area (Å²) in [5, 5.41) is 3.81. The topological polar surface area (TPSA) is 86.1 Å². The van der Waals surface area contributed by atoms with Crippen LogP contribution in [-0.4, -0.2) is 33.3 Å². The van der Waals surface area contributed by atoms with E-state index in [0.29, 0.717) is 28.4 Å². The van der Waals surface area contributed by atoms with Crippen molar-refractivity contribution in [1.29, 1.82) is 0 Å². The number of halogens is 1. The van der Waals surface area contributed by atoms with Gasteiger partial charge in [-0.3, -0.25) is 9.59 Å². The Morgan fingerprint density at radius 2 is 1.83 bits per heavy atom. The van der Waals surface area contributed by atoms with Gasteiger partial charge in [0.25, 0.3) is 11.7 Å². The number of fused-ring (bicyclic) bond motifs is 1. The summed E-state index contributed by atoms with van der Waals surface area (Å²) in [5.74, 6) is -0.831. The molecule has 0 aliphatic carbocycles. The molecule has 8 heteroatoms. The Kier molecular flexibility index (Phi) is 5.45. The van der Waals surface area contributed by atoms with Gasteiger partial charge < -0.3 is 14.6 Å². The van der Waals surface area contributed by atoms with E-state index in [1.807, 2.05) is 41.0 Å². The molecule has 0 saturated carbocycles. The Balaban J connectivity index is 1.71. The minimum absolute atomic E-state index is 0.284. The fourth-order valence-corrected chi connectivity index (χ4v) is 3.30. The summed E-state index contributed by atoms with van der Waals surface area (Å²) in [6, 6.07) is 12.9. The first kappa shape index (κ1) is 19.6. The summed E-state index contributed by atoms with van der Waals surface area (Å²) in [5.41, 5.74) is 2.45. The average Bonchev–Trinajstić information content (AvgIpc) is 3.13. The Hall–Kier alpha value is -3.71. The lowest BCUT2D eigenvalue weighted by atomic mass is 10.1. The molecule has 4 rings (SSSR count). The number of hydrogen-bond donors (Lipinski definition) is 1. The van der Waals surface area contributed by atoms with Crippen LogP contribution in [0.25, 0.3) is 10.9 Å². The summed E-state index contributed by atoms with van der Waals surface area (Å²) in [4.78, 5) is 33.2. The van der Waals surface area contributed by atoms with E-state index in [9.17, 15) is 9.59 Å². The summed E-state index contributed by atoms with van der Waals surface area (Å²) < 4.78 is 7.22. The number of ketones is 1. The lowest BCUT2D eigenvalue weighted by Crippen LogP contribution is -2.22. The number of anilines is 1. The normalized spacial score (nSPS) is 10.7. The summed E-state index contributed by atoms with van der Waals surface area (Å²) in [6.07, 6.45) is 5.87. The number of methoxy groups -OCH3 is 1. The molecule has 0 saturated heterocycles. The number of rotatable bonds is 6. The first-order valence-corrected chi connectivity index (χ1v) is 9.45. The maximum absolute atomic E-state index is 12.9. The molecule has 0 aliphatic heterocycles. The van der Waals surface area contributed by atoms with E-state index in [1.165, 1.54) is 18.7 Å². The predicted molar refractivity (Wildman–Crippen MR) is 114 cm³/mol. The largest absolute Gasteiger partial charge is 0.497 e. The number of carbonyl (C=O) groups is 2. The highest BCUT2D eigenvalue weighted by Gasteiger charge is 2.22. The number of aromatic nitrogens is 3. The van der Waals surface area contributed by atoms with Crippen LogP contribution in [0.2, 0.25) is 5.02 Å². The van der Waals surface area contributed by atoms with Gasteiger partial charge in [0.2, 0.25) is 0 Å². The number of carbonyl (C=O) groups excluding carboxylic acids is 2. The minimum atomic E-state index is -0.766. The Labute approximate surface area is 177 Å². The van der Waals surface area contributed by atoms with Crippen LogP contribution in [0.1, 0.15) is 15.9 Å². The first-order chi connectivity index (χ1) is 14.5. The zero-order valence-electron chi connectivity index (χ0n) is 16.0. The van der Waals surface area contributed by atoms with Crippen LogP contribution >= 0.6 is 11.6 Å². The van der Waals surface area contributed by atoms with Gasteiger partial charge in [0.15, 0.2) is 0 Å². The first-order valence-electron chi connectivity index (χ1n) is 9.07. The molecular weight excluding hydrogens is 404 g/mol. The van der Waals surface area contributed by atoms with Crippen molar-refractivity contribution in [2.75, 3.05) is 12.4 Å². The van der Waals surface area contributed by atoms with Crippen LogP contribution in [0, 0.1) is 0 Å². The average molecular weight is 421 g/mol. The zero-order valence-corrected chi connectivity index (χ0v) is 16.8. The highest BCUT2D eigenvalue weighted by atomic mass is 35.5. The molecule has 0 spiro atoms. The van der Waals surface area contributed by atoms with Crippen molar-refractivity contribution in [3.8, 4) is 5.75 Å². The number of amides is 1. The quantitative estimate of drug-likeness (QED) is 0.377. The second-order valence-electron chi connectivity index (χ2n) is 6.59. The van der Waals surface area contributed by atoms with Gasteiger partial charge >= 0.3 is 0 Å². The molecule has 30 heavy (non-hydrogen) atoms.